The molecule has 1 aromatic carbocycles. The van der Waals surface area contributed by atoms with Crippen LogP contribution in [-0.4, -0.2) is 4.98 Å². The molecule has 0 fully saturated rings. The number of nitrogens with two attached hydrogens (primary N) is 1. The van der Waals surface area contributed by atoms with E-state index in [-0.39, 0.29) is 12.0 Å². The molecule has 0 unspecified atom stereocenters. The molecule has 1 heterocycles. The quantitative estimate of drug-likeness (QED) is 0.711. The van der Waals surface area contributed by atoms with Gasteiger partial charge in [-0.15, -0.1) is 0 Å². The molecular weight excluding hydrogens is 183 g/mol. The molecule has 0 amide bonds. The summed E-state index contributed by atoms with van der Waals surface area (Å²) >= 11 is 0. The molecule has 0 saturated heterocycles. The number of rotatable bonds is 1. The number of halogens is 1. The van der Waals surface area contributed by atoms with Crippen molar-refractivity contribution in [2.24, 2.45) is 5.73 Å². The fraction of sp³-hybridized carbons (Fsp3) is 0.100. The molecule has 72 valence electrons. The van der Waals surface area contributed by atoms with E-state index in [9.17, 15) is 9.18 Å². The van der Waals surface area contributed by atoms with Crippen LogP contribution in [0.25, 0.3) is 10.9 Å². The van der Waals surface area contributed by atoms with Gasteiger partial charge < -0.3 is 10.7 Å². The summed E-state index contributed by atoms with van der Waals surface area (Å²) < 4.78 is 12.9. The fourth-order valence-corrected chi connectivity index (χ4v) is 1.39. The minimum atomic E-state index is -0.419. The Kier molecular flexibility index (Phi) is 2.05. The largest absolute Gasteiger partial charge is 0.361 e. The second-order valence-corrected chi connectivity index (χ2v) is 3.04. The number of benzene rings is 1. The first-order valence-electron chi connectivity index (χ1n) is 4.22. The van der Waals surface area contributed by atoms with Crippen molar-refractivity contribution >= 4 is 10.9 Å². The number of hydrogen-bond acceptors (Lipinski definition) is 2. The zero-order valence-electron chi connectivity index (χ0n) is 7.38. The average Bonchev–Trinajstić information content (AvgIpc) is 2.20. The van der Waals surface area contributed by atoms with Gasteiger partial charge in [0, 0.05) is 29.2 Å². The minimum Gasteiger partial charge on any atom is -0.361 e. The summed E-state index contributed by atoms with van der Waals surface area (Å²) in [6.45, 7) is 0.155. The van der Waals surface area contributed by atoms with E-state index in [1.807, 2.05) is 0 Å². The zero-order chi connectivity index (χ0) is 10.1. The maximum absolute atomic E-state index is 12.9. The summed E-state index contributed by atoms with van der Waals surface area (Å²) in [7, 11) is 0. The number of H-pyrrole nitrogens is 1. The van der Waals surface area contributed by atoms with Gasteiger partial charge >= 0.3 is 0 Å². The van der Waals surface area contributed by atoms with Crippen molar-refractivity contribution in [2.45, 2.75) is 6.54 Å². The topological polar surface area (TPSA) is 58.9 Å². The Bertz CT molecular complexity index is 533. The van der Waals surface area contributed by atoms with Crippen molar-refractivity contribution in [3.63, 3.8) is 0 Å². The van der Waals surface area contributed by atoms with Crippen LogP contribution < -0.4 is 11.2 Å². The predicted octanol–water partition coefficient (Wildman–Crippen LogP) is 1.13. The van der Waals surface area contributed by atoms with Crippen molar-refractivity contribution in [1.82, 2.24) is 4.98 Å². The Labute approximate surface area is 79.4 Å². The van der Waals surface area contributed by atoms with Gasteiger partial charge in [-0.2, -0.15) is 0 Å². The SMILES string of the molecule is NCc1c[nH]c2ccc(F)cc2c1=O. The lowest BCUT2D eigenvalue weighted by Gasteiger charge is -2.00. The molecule has 3 N–H and O–H groups in total. The zero-order valence-corrected chi connectivity index (χ0v) is 7.38. The van der Waals surface area contributed by atoms with E-state index < -0.39 is 5.82 Å². The number of hydrogen-bond donors (Lipinski definition) is 2. The van der Waals surface area contributed by atoms with E-state index in [2.05, 4.69) is 4.98 Å². The van der Waals surface area contributed by atoms with E-state index in [1.54, 1.807) is 6.20 Å². The van der Waals surface area contributed by atoms with Crippen molar-refractivity contribution in [3.8, 4) is 0 Å². The standard InChI is InChI=1S/C10H9FN2O/c11-7-1-2-9-8(3-7)10(14)6(4-12)5-13-9/h1-3,5H,4,12H2,(H,13,14). The van der Waals surface area contributed by atoms with Gasteiger partial charge in [0.15, 0.2) is 5.43 Å². The highest BCUT2D eigenvalue weighted by atomic mass is 19.1. The number of fused-ring (bicyclic) bond motifs is 1. The van der Waals surface area contributed by atoms with Gasteiger partial charge in [-0.3, -0.25) is 4.79 Å². The molecule has 0 aliphatic carbocycles. The van der Waals surface area contributed by atoms with Gasteiger partial charge in [0.05, 0.1) is 0 Å². The number of pyridine rings is 1. The highest BCUT2D eigenvalue weighted by Gasteiger charge is 2.03. The maximum Gasteiger partial charge on any atom is 0.193 e. The summed E-state index contributed by atoms with van der Waals surface area (Å²) in [4.78, 5) is 14.5. The van der Waals surface area contributed by atoms with Gasteiger partial charge in [0.2, 0.25) is 0 Å². The van der Waals surface area contributed by atoms with E-state index in [1.165, 1.54) is 18.2 Å². The minimum absolute atomic E-state index is 0.155. The van der Waals surface area contributed by atoms with Gasteiger partial charge in [0.1, 0.15) is 5.82 Å². The summed E-state index contributed by atoms with van der Waals surface area (Å²) in [5.41, 5.74) is 6.24. The van der Waals surface area contributed by atoms with Gasteiger partial charge in [-0.05, 0) is 18.2 Å². The first kappa shape index (κ1) is 8.90. The van der Waals surface area contributed by atoms with Crippen LogP contribution in [0.4, 0.5) is 4.39 Å². The molecule has 2 aromatic rings. The molecular formula is C10H9FN2O. The molecule has 0 atom stereocenters. The van der Waals surface area contributed by atoms with E-state index in [0.717, 1.165) is 0 Å². The molecule has 0 saturated carbocycles. The molecule has 0 radical (unpaired) electrons. The van der Waals surface area contributed by atoms with Crippen molar-refractivity contribution < 1.29 is 4.39 Å². The number of nitrogens with one attached hydrogen (secondary N) is 1. The molecule has 4 heteroatoms. The van der Waals surface area contributed by atoms with Crippen LogP contribution >= 0.6 is 0 Å². The third-order valence-electron chi connectivity index (χ3n) is 2.14. The van der Waals surface area contributed by atoms with Crippen LogP contribution in [0.2, 0.25) is 0 Å². The smallest absolute Gasteiger partial charge is 0.193 e. The first-order chi connectivity index (χ1) is 6.72. The molecule has 0 aliphatic rings. The molecule has 0 aliphatic heterocycles. The Morgan fingerprint density at radius 3 is 2.93 bits per heavy atom. The second-order valence-electron chi connectivity index (χ2n) is 3.04. The van der Waals surface area contributed by atoms with Crippen molar-refractivity contribution in [1.29, 1.82) is 0 Å². The van der Waals surface area contributed by atoms with Crippen LogP contribution in [0.15, 0.2) is 29.2 Å². The molecule has 2 rings (SSSR count). The normalized spacial score (nSPS) is 10.7. The van der Waals surface area contributed by atoms with E-state index >= 15 is 0 Å². The van der Waals surface area contributed by atoms with Crippen molar-refractivity contribution in [3.05, 3.63) is 46.0 Å². The Balaban J connectivity index is 2.87. The van der Waals surface area contributed by atoms with Crippen LogP contribution in [0.5, 0.6) is 0 Å². The second kappa shape index (κ2) is 3.23. The molecule has 0 spiro atoms. The molecule has 0 bridgehead atoms. The van der Waals surface area contributed by atoms with Crippen LogP contribution in [0.1, 0.15) is 5.56 Å². The van der Waals surface area contributed by atoms with E-state index in [4.69, 9.17) is 5.73 Å². The Morgan fingerprint density at radius 2 is 2.21 bits per heavy atom. The van der Waals surface area contributed by atoms with Crippen LogP contribution in [0.3, 0.4) is 0 Å². The fourth-order valence-electron chi connectivity index (χ4n) is 1.39. The summed E-state index contributed by atoms with van der Waals surface area (Å²) in [6, 6.07) is 4.06. The molecule has 3 nitrogen and oxygen atoms in total. The molecule has 1 aromatic heterocycles. The Hall–Kier alpha value is -1.68. The van der Waals surface area contributed by atoms with Gasteiger partial charge in [0.25, 0.3) is 0 Å². The summed E-state index contributed by atoms with van der Waals surface area (Å²) in [6.07, 6.45) is 1.56. The number of aromatic amines is 1. The van der Waals surface area contributed by atoms with Crippen LogP contribution in [0, 0.1) is 5.82 Å². The average molecular weight is 192 g/mol. The third-order valence-corrected chi connectivity index (χ3v) is 2.14. The third kappa shape index (κ3) is 1.29. The van der Waals surface area contributed by atoms with Crippen LogP contribution in [-0.2, 0) is 6.54 Å². The lowest BCUT2D eigenvalue weighted by atomic mass is 10.1. The van der Waals surface area contributed by atoms with Gasteiger partial charge in [-0.1, -0.05) is 0 Å². The highest BCUT2D eigenvalue weighted by molar-refractivity contribution is 5.78. The summed E-state index contributed by atoms with van der Waals surface area (Å²) in [5.74, 6) is -0.419. The summed E-state index contributed by atoms with van der Waals surface area (Å²) in [5, 5.41) is 0.341. The van der Waals surface area contributed by atoms with Gasteiger partial charge in [-0.25, -0.2) is 4.39 Å². The lowest BCUT2D eigenvalue weighted by Crippen LogP contribution is -2.13. The first-order valence-corrected chi connectivity index (χ1v) is 4.22. The van der Waals surface area contributed by atoms with E-state index in [0.29, 0.717) is 16.5 Å². The lowest BCUT2D eigenvalue weighted by molar-refractivity contribution is 0.629. The molecule has 14 heavy (non-hydrogen) atoms. The highest BCUT2D eigenvalue weighted by Crippen LogP contribution is 2.09. The monoisotopic (exact) mass is 192 g/mol. The number of aromatic nitrogens is 1. The Morgan fingerprint density at radius 1 is 1.43 bits per heavy atom. The predicted molar refractivity (Wildman–Crippen MR) is 52.4 cm³/mol. The maximum atomic E-state index is 12.9. The van der Waals surface area contributed by atoms with Crippen molar-refractivity contribution in [2.75, 3.05) is 0 Å².